The molecule has 1 unspecified atom stereocenters. The third-order valence-electron chi connectivity index (χ3n) is 3.68. The molecule has 3 N–H and O–H groups in total. The number of hydrogen-bond acceptors (Lipinski definition) is 4. The molecule has 1 atom stereocenters. The van der Waals surface area contributed by atoms with Crippen LogP contribution in [0.25, 0.3) is 11.4 Å². The van der Waals surface area contributed by atoms with Gasteiger partial charge in [-0.3, -0.25) is 9.89 Å². The van der Waals surface area contributed by atoms with Crippen molar-refractivity contribution < 1.29 is 4.79 Å². The number of aromatic amines is 1. The lowest BCUT2D eigenvalue weighted by Gasteiger charge is -2.21. The molecule has 0 bridgehead atoms. The molecule has 6 heteroatoms. The minimum Gasteiger partial charge on any atom is -0.326 e. The molecule has 2 aromatic rings. The Morgan fingerprint density at radius 2 is 2.14 bits per heavy atom. The minimum atomic E-state index is 0.0640. The van der Waals surface area contributed by atoms with Crippen LogP contribution >= 0.6 is 0 Å². The standard InChI is InChI=1S/C15H19N5O/c1-10-17-14(20-19-10)11-4-6-13(7-5-11)18-15(21)12-3-2-8-16-9-12/h4-7,12,16H,2-3,8-9H2,1H3,(H,18,21)(H,17,19,20). The van der Waals surface area contributed by atoms with E-state index in [-0.39, 0.29) is 11.8 Å². The Labute approximate surface area is 123 Å². The summed E-state index contributed by atoms with van der Waals surface area (Å²) in [5.74, 6) is 1.60. The van der Waals surface area contributed by atoms with Crippen LogP contribution in [0.15, 0.2) is 24.3 Å². The fourth-order valence-electron chi connectivity index (χ4n) is 2.49. The first-order valence-electron chi connectivity index (χ1n) is 7.23. The number of carbonyl (C=O) groups excluding carboxylic acids is 1. The first kappa shape index (κ1) is 13.8. The van der Waals surface area contributed by atoms with E-state index in [4.69, 9.17) is 0 Å². The van der Waals surface area contributed by atoms with Crippen molar-refractivity contribution >= 4 is 11.6 Å². The van der Waals surface area contributed by atoms with Crippen LogP contribution in [-0.4, -0.2) is 34.2 Å². The zero-order chi connectivity index (χ0) is 14.7. The number of amides is 1. The predicted octanol–water partition coefficient (Wildman–Crippen LogP) is 1.72. The molecule has 21 heavy (non-hydrogen) atoms. The number of aryl methyl sites for hydroxylation is 1. The van der Waals surface area contributed by atoms with Crippen molar-refractivity contribution in [1.29, 1.82) is 0 Å². The van der Waals surface area contributed by atoms with E-state index in [1.807, 2.05) is 31.2 Å². The molecule has 1 aliphatic heterocycles. The number of aromatic nitrogens is 3. The molecule has 1 saturated heterocycles. The van der Waals surface area contributed by atoms with E-state index in [1.165, 1.54) is 0 Å². The SMILES string of the molecule is Cc1nc(-c2ccc(NC(=O)C3CCCNC3)cc2)n[nH]1. The summed E-state index contributed by atoms with van der Waals surface area (Å²) in [4.78, 5) is 16.4. The van der Waals surface area contributed by atoms with Gasteiger partial charge in [0.25, 0.3) is 0 Å². The summed E-state index contributed by atoms with van der Waals surface area (Å²) in [6.07, 6.45) is 2.01. The lowest BCUT2D eigenvalue weighted by molar-refractivity contribution is -0.120. The topological polar surface area (TPSA) is 82.7 Å². The van der Waals surface area contributed by atoms with Gasteiger partial charge < -0.3 is 10.6 Å². The lowest BCUT2D eigenvalue weighted by Crippen LogP contribution is -2.37. The van der Waals surface area contributed by atoms with Gasteiger partial charge in [0.05, 0.1) is 5.92 Å². The number of nitrogens with zero attached hydrogens (tertiary/aromatic N) is 2. The van der Waals surface area contributed by atoms with Gasteiger partial charge in [0, 0.05) is 17.8 Å². The maximum absolute atomic E-state index is 12.1. The van der Waals surface area contributed by atoms with Crippen LogP contribution in [0, 0.1) is 12.8 Å². The van der Waals surface area contributed by atoms with Crippen LogP contribution < -0.4 is 10.6 Å². The van der Waals surface area contributed by atoms with E-state index >= 15 is 0 Å². The van der Waals surface area contributed by atoms with Crippen LogP contribution in [0.4, 0.5) is 5.69 Å². The van der Waals surface area contributed by atoms with Crippen LogP contribution in [0.2, 0.25) is 0 Å². The fraction of sp³-hybridized carbons (Fsp3) is 0.400. The van der Waals surface area contributed by atoms with Crippen LogP contribution in [0.1, 0.15) is 18.7 Å². The Morgan fingerprint density at radius 1 is 1.33 bits per heavy atom. The molecule has 1 amide bonds. The summed E-state index contributed by atoms with van der Waals surface area (Å²) in [6.45, 7) is 3.64. The molecule has 1 aromatic carbocycles. The number of rotatable bonds is 3. The number of nitrogens with one attached hydrogen (secondary N) is 3. The fourth-order valence-corrected chi connectivity index (χ4v) is 2.49. The second-order valence-corrected chi connectivity index (χ2v) is 5.35. The van der Waals surface area contributed by atoms with Crippen molar-refractivity contribution in [2.75, 3.05) is 18.4 Å². The average Bonchev–Trinajstić information content (AvgIpc) is 2.95. The number of piperidine rings is 1. The Kier molecular flexibility index (Phi) is 3.96. The van der Waals surface area contributed by atoms with E-state index in [1.54, 1.807) is 0 Å². The first-order chi connectivity index (χ1) is 10.2. The van der Waals surface area contributed by atoms with Gasteiger partial charge in [-0.2, -0.15) is 5.10 Å². The number of H-pyrrole nitrogens is 1. The Hall–Kier alpha value is -2.21. The van der Waals surface area contributed by atoms with Crippen molar-refractivity contribution in [3.8, 4) is 11.4 Å². The highest BCUT2D eigenvalue weighted by Gasteiger charge is 2.20. The highest BCUT2D eigenvalue weighted by Crippen LogP contribution is 2.19. The predicted molar refractivity (Wildman–Crippen MR) is 80.8 cm³/mol. The highest BCUT2D eigenvalue weighted by molar-refractivity contribution is 5.92. The van der Waals surface area contributed by atoms with E-state index in [9.17, 15) is 4.79 Å². The van der Waals surface area contributed by atoms with Crippen molar-refractivity contribution in [1.82, 2.24) is 20.5 Å². The van der Waals surface area contributed by atoms with Crippen molar-refractivity contribution in [2.45, 2.75) is 19.8 Å². The normalized spacial score (nSPS) is 18.4. The molecule has 1 aromatic heterocycles. The molecule has 3 rings (SSSR count). The monoisotopic (exact) mass is 285 g/mol. The number of carbonyl (C=O) groups is 1. The van der Waals surface area contributed by atoms with Crippen molar-refractivity contribution in [3.05, 3.63) is 30.1 Å². The van der Waals surface area contributed by atoms with Crippen molar-refractivity contribution in [2.24, 2.45) is 5.92 Å². The maximum Gasteiger partial charge on any atom is 0.228 e. The van der Waals surface area contributed by atoms with Crippen molar-refractivity contribution in [3.63, 3.8) is 0 Å². The second kappa shape index (κ2) is 6.05. The molecule has 0 aliphatic carbocycles. The molecule has 6 nitrogen and oxygen atoms in total. The average molecular weight is 285 g/mol. The number of anilines is 1. The summed E-state index contributed by atoms with van der Waals surface area (Å²) < 4.78 is 0. The van der Waals surface area contributed by atoms with Gasteiger partial charge >= 0.3 is 0 Å². The summed E-state index contributed by atoms with van der Waals surface area (Å²) in [6, 6.07) is 7.60. The number of benzene rings is 1. The molecule has 2 heterocycles. The van der Waals surface area contributed by atoms with Gasteiger partial charge in [0.1, 0.15) is 5.82 Å². The highest BCUT2D eigenvalue weighted by atomic mass is 16.1. The molecule has 0 saturated carbocycles. The third-order valence-corrected chi connectivity index (χ3v) is 3.68. The van der Waals surface area contributed by atoms with Gasteiger partial charge in [0.15, 0.2) is 5.82 Å². The molecule has 0 radical (unpaired) electrons. The van der Waals surface area contributed by atoms with Gasteiger partial charge in [-0.15, -0.1) is 0 Å². The molecule has 1 aliphatic rings. The molecular formula is C15H19N5O. The van der Waals surface area contributed by atoms with E-state index in [0.29, 0.717) is 5.82 Å². The zero-order valence-electron chi connectivity index (χ0n) is 12.0. The summed E-state index contributed by atoms with van der Waals surface area (Å²) >= 11 is 0. The Bertz CT molecular complexity index is 613. The van der Waals surface area contributed by atoms with E-state index < -0.39 is 0 Å². The molecule has 110 valence electrons. The van der Waals surface area contributed by atoms with E-state index in [2.05, 4.69) is 25.8 Å². The third kappa shape index (κ3) is 3.28. The maximum atomic E-state index is 12.1. The Morgan fingerprint density at radius 3 is 2.76 bits per heavy atom. The quantitative estimate of drug-likeness (QED) is 0.802. The van der Waals surface area contributed by atoms with E-state index in [0.717, 1.165) is 43.0 Å². The molecule has 0 spiro atoms. The van der Waals surface area contributed by atoms with Gasteiger partial charge in [-0.05, 0) is 50.6 Å². The summed E-state index contributed by atoms with van der Waals surface area (Å²) in [7, 11) is 0. The van der Waals surface area contributed by atoms with Crippen LogP contribution in [-0.2, 0) is 4.79 Å². The van der Waals surface area contributed by atoms with Crippen LogP contribution in [0.3, 0.4) is 0 Å². The summed E-state index contributed by atoms with van der Waals surface area (Å²) in [5.41, 5.74) is 1.73. The zero-order valence-corrected chi connectivity index (χ0v) is 12.0. The first-order valence-corrected chi connectivity index (χ1v) is 7.23. The lowest BCUT2D eigenvalue weighted by atomic mass is 9.99. The van der Waals surface area contributed by atoms with Gasteiger partial charge in [-0.25, -0.2) is 4.98 Å². The second-order valence-electron chi connectivity index (χ2n) is 5.35. The van der Waals surface area contributed by atoms with Gasteiger partial charge in [-0.1, -0.05) is 0 Å². The largest absolute Gasteiger partial charge is 0.326 e. The van der Waals surface area contributed by atoms with Crippen LogP contribution in [0.5, 0.6) is 0 Å². The number of hydrogen-bond donors (Lipinski definition) is 3. The molecule has 1 fully saturated rings. The smallest absolute Gasteiger partial charge is 0.228 e. The Balaban J connectivity index is 1.65. The summed E-state index contributed by atoms with van der Waals surface area (Å²) in [5, 5.41) is 13.2. The van der Waals surface area contributed by atoms with Gasteiger partial charge in [0.2, 0.25) is 5.91 Å². The molecular weight excluding hydrogens is 266 g/mol. The minimum absolute atomic E-state index is 0.0640.